The fourth-order valence-corrected chi connectivity index (χ4v) is 5.95. The minimum Gasteiger partial charge on any atom is -0.481 e. The molecule has 7 heteroatoms. The second kappa shape index (κ2) is 6.08. The van der Waals surface area contributed by atoms with Crippen LogP contribution in [-0.2, 0) is 31.0 Å². The Labute approximate surface area is 168 Å². The Morgan fingerprint density at radius 1 is 1.14 bits per heavy atom. The van der Waals surface area contributed by atoms with Gasteiger partial charge in [-0.2, -0.15) is 0 Å². The topological polar surface area (TPSA) is 82.1 Å². The summed E-state index contributed by atoms with van der Waals surface area (Å²) in [5.41, 5.74) is 1.74. The number of amides is 1. The second-order valence-corrected chi connectivity index (χ2v) is 8.32. The molecule has 0 N–H and O–H groups in total. The van der Waals surface area contributed by atoms with E-state index in [1.165, 1.54) is 13.8 Å². The van der Waals surface area contributed by atoms with Crippen LogP contribution in [0.3, 0.4) is 0 Å². The van der Waals surface area contributed by atoms with Gasteiger partial charge >= 0.3 is 11.9 Å². The quantitative estimate of drug-likeness (QED) is 0.431. The highest BCUT2D eigenvalue weighted by atomic mass is 16.6. The van der Waals surface area contributed by atoms with Crippen LogP contribution in [0, 0.1) is 5.92 Å². The van der Waals surface area contributed by atoms with Gasteiger partial charge in [-0.05, 0) is 30.5 Å². The van der Waals surface area contributed by atoms with Crippen molar-refractivity contribution in [2.75, 3.05) is 6.54 Å². The number of esters is 2. The molecule has 7 nitrogen and oxygen atoms in total. The molecule has 4 aliphatic rings. The van der Waals surface area contributed by atoms with Gasteiger partial charge in [-0.15, -0.1) is 0 Å². The van der Waals surface area contributed by atoms with Crippen molar-refractivity contribution < 1.29 is 28.6 Å². The molecule has 2 aliphatic heterocycles. The van der Waals surface area contributed by atoms with E-state index in [-0.39, 0.29) is 23.8 Å². The van der Waals surface area contributed by atoms with Gasteiger partial charge in [-0.1, -0.05) is 12.1 Å². The highest BCUT2D eigenvalue weighted by molar-refractivity contribution is 5.76. The molecule has 5 rings (SSSR count). The molecule has 1 aromatic carbocycles. The molecule has 2 aliphatic carbocycles. The Morgan fingerprint density at radius 3 is 2.62 bits per heavy atom. The number of hydrogen-bond donors (Lipinski definition) is 0. The number of ether oxygens (including phenoxy) is 3. The van der Waals surface area contributed by atoms with Crippen LogP contribution in [-0.4, -0.2) is 47.5 Å². The van der Waals surface area contributed by atoms with E-state index in [9.17, 15) is 14.4 Å². The summed E-state index contributed by atoms with van der Waals surface area (Å²) >= 11 is 0. The van der Waals surface area contributed by atoms with Gasteiger partial charge in [0.1, 0.15) is 6.10 Å². The molecule has 0 aromatic heterocycles. The minimum atomic E-state index is -0.531. The van der Waals surface area contributed by atoms with E-state index in [0.717, 1.165) is 11.1 Å². The van der Waals surface area contributed by atoms with Crippen molar-refractivity contribution in [3.63, 3.8) is 0 Å². The van der Waals surface area contributed by atoms with Gasteiger partial charge in [-0.3, -0.25) is 14.4 Å². The maximum atomic E-state index is 12.3. The summed E-state index contributed by atoms with van der Waals surface area (Å²) in [5.74, 6) is 0.303. The number of rotatable bonds is 2. The standard InChI is InChI=1S/C22H23NO6/c1-11(24)23-9-8-22-15-5-7-18(28-13(3)26)21(22)29-20-17(27-12(2)25)6-4-14(19(20)22)10-16(15)23/h4-7,15-16,18,21H,8-10H2,1-3H3/t15-,16-,18-,21-,22-/m0/s1. The third-order valence-corrected chi connectivity index (χ3v) is 6.80. The molecule has 0 unspecified atom stereocenters. The summed E-state index contributed by atoms with van der Waals surface area (Å²) in [6.07, 6.45) is 4.44. The van der Waals surface area contributed by atoms with Crippen molar-refractivity contribution in [1.82, 2.24) is 4.90 Å². The van der Waals surface area contributed by atoms with Gasteiger partial charge in [0.25, 0.3) is 0 Å². The maximum absolute atomic E-state index is 12.3. The summed E-state index contributed by atoms with van der Waals surface area (Å²) in [6.45, 7) is 4.98. The first-order valence-corrected chi connectivity index (χ1v) is 9.97. The molecule has 1 saturated heterocycles. The Morgan fingerprint density at radius 2 is 1.93 bits per heavy atom. The maximum Gasteiger partial charge on any atom is 0.308 e. The highest BCUT2D eigenvalue weighted by Crippen LogP contribution is 2.62. The number of carbonyl (C=O) groups is 3. The zero-order chi connectivity index (χ0) is 20.5. The van der Waals surface area contributed by atoms with Crippen molar-refractivity contribution in [1.29, 1.82) is 0 Å². The molecule has 2 bridgehead atoms. The van der Waals surface area contributed by atoms with Crippen molar-refractivity contribution >= 4 is 17.8 Å². The Hall–Kier alpha value is -2.83. The van der Waals surface area contributed by atoms with Crippen LogP contribution in [0.5, 0.6) is 11.5 Å². The third kappa shape index (κ3) is 2.39. The number of piperidine rings is 1. The second-order valence-electron chi connectivity index (χ2n) is 8.32. The number of hydrogen-bond acceptors (Lipinski definition) is 6. The molecule has 0 radical (unpaired) electrons. The van der Waals surface area contributed by atoms with Gasteiger partial charge in [-0.25, -0.2) is 0 Å². The van der Waals surface area contributed by atoms with Crippen LogP contribution in [0.1, 0.15) is 38.3 Å². The molecular formula is C22H23NO6. The number of likely N-dealkylation sites (tertiary alicyclic amines) is 1. The molecule has 2 heterocycles. The first-order chi connectivity index (χ1) is 13.8. The summed E-state index contributed by atoms with van der Waals surface area (Å²) in [5, 5.41) is 0. The van der Waals surface area contributed by atoms with Crippen molar-refractivity contribution in [3.8, 4) is 11.5 Å². The first-order valence-electron chi connectivity index (χ1n) is 9.97. The summed E-state index contributed by atoms with van der Waals surface area (Å²) in [4.78, 5) is 37.6. The van der Waals surface area contributed by atoms with Gasteiger partial charge in [0, 0.05) is 44.8 Å². The summed E-state index contributed by atoms with van der Waals surface area (Å²) < 4.78 is 17.4. The Kier molecular flexibility index (Phi) is 3.82. The van der Waals surface area contributed by atoms with Crippen LogP contribution in [0.25, 0.3) is 0 Å². The normalized spacial score (nSPS) is 32.9. The number of benzene rings is 1. The van der Waals surface area contributed by atoms with Crippen LogP contribution < -0.4 is 9.47 Å². The lowest BCUT2D eigenvalue weighted by Gasteiger charge is -2.57. The molecule has 0 saturated carbocycles. The molecule has 1 fully saturated rings. The summed E-state index contributed by atoms with van der Waals surface area (Å²) in [7, 11) is 0. The van der Waals surface area contributed by atoms with E-state index in [0.29, 0.717) is 30.9 Å². The van der Waals surface area contributed by atoms with Gasteiger partial charge in [0.05, 0.1) is 5.41 Å². The monoisotopic (exact) mass is 397 g/mol. The zero-order valence-electron chi connectivity index (χ0n) is 16.6. The lowest BCUT2D eigenvalue weighted by Crippen LogP contribution is -2.66. The molecule has 1 spiro atoms. The molecule has 1 aromatic rings. The zero-order valence-corrected chi connectivity index (χ0v) is 16.6. The summed E-state index contributed by atoms with van der Waals surface area (Å²) in [6, 6.07) is 3.75. The smallest absolute Gasteiger partial charge is 0.308 e. The third-order valence-electron chi connectivity index (χ3n) is 6.80. The predicted octanol–water partition coefficient (Wildman–Crippen LogP) is 1.91. The lowest BCUT2D eigenvalue weighted by molar-refractivity contribution is -0.153. The fourth-order valence-electron chi connectivity index (χ4n) is 5.95. The van der Waals surface area contributed by atoms with E-state index < -0.39 is 23.6 Å². The molecule has 5 atom stereocenters. The van der Waals surface area contributed by atoms with Crippen LogP contribution in [0.4, 0.5) is 0 Å². The molecular weight excluding hydrogens is 374 g/mol. The van der Waals surface area contributed by atoms with E-state index in [4.69, 9.17) is 14.2 Å². The van der Waals surface area contributed by atoms with E-state index >= 15 is 0 Å². The Bertz CT molecular complexity index is 968. The molecule has 152 valence electrons. The lowest BCUT2D eigenvalue weighted by atomic mass is 9.53. The van der Waals surface area contributed by atoms with Crippen molar-refractivity contribution in [3.05, 3.63) is 35.4 Å². The van der Waals surface area contributed by atoms with Crippen LogP contribution in [0.15, 0.2) is 24.3 Å². The average Bonchev–Trinajstić information content (AvgIpc) is 2.98. The van der Waals surface area contributed by atoms with E-state index in [1.54, 1.807) is 13.0 Å². The SMILES string of the molecule is CC(=O)Oc1ccc2c3c1O[C@H]1[C@@H](OC(C)=O)C=C[C@H]4[C@H](C2)N(C(C)=O)CC[C@@]341. The van der Waals surface area contributed by atoms with E-state index in [1.807, 2.05) is 17.0 Å². The first kappa shape index (κ1) is 18.2. The van der Waals surface area contributed by atoms with E-state index in [2.05, 4.69) is 6.08 Å². The molecule has 1 amide bonds. The Balaban J connectivity index is 1.71. The van der Waals surface area contributed by atoms with Crippen molar-refractivity contribution in [2.45, 2.75) is 57.3 Å². The van der Waals surface area contributed by atoms with Gasteiger partial charge < -0.3 is 19.1 Å². The minimum absolute atomic E-state index is 0.0277. The number of nitrogens with zero attached hydrogens (tertiary/aromatic N) is 1. The van der Waals surface area contributed by atoms with Crippen LogP contribution in [0.2, 0.25) is 0 Å². The van der Waals surface area contributed by atoms with Gasteiger partial charge in [0.2, 0.25) is 5.91 Å². The highest BCUT2D eigenvalue weighted by Gasteiger charge is 2.65. The average molecular weight is 397 g/mol. The predicted molar refractivity (Wildman–Crippen MR) is 102 cm³/mol. The van der Waals surface area contributed by atoms with Crippen LogP contribution >= 0.6 is 0 Å². The molecule has 29 heavy (non-hydrogen) atoms. The van der Waals surface area contributed by atoms with Gasteiger partial charge in [0.15, 0.2) is 17.6 Å². The number of carbonyl (C=O) groups excluding carboxylic acids is 3. The fraction of sp³-hybridized carbons (Fsp3) is 0.500. The van der Waals surface area contributed by atoms with Crippen molar-refractivity contribution in [2.24, 2.45) is 5.92 Å². The largest absolute Gasteiger partial charge is 0.481 e.